The standard InChI is InChI=1S/C22H33N3O3/c1-23(2)19-7-5-18(6-8-19)15-21(27)24-12-4-10-22(16-24)11-9-20(26)25(17-22)13-14-28-3/h5-8H,4,9-17H2,1-3H3. The number of carbonyl (C=O) groups excluding carboxylic acids is 2. The molecule has 2 aliphatic rings. The molecule has 1 spiro atoms. The molecule has 2 saturated heterocycles. The lowest BCUT2D eigenvalue weighted by molar-refractivity contribution is -0.143. The number of hydrogen-bond acceptors (Lipinski definition) is 4. The van der Waals surface area contributed by atoms with Crippen LogP contribution in [0.5, 0.6) is 0 Å². The van der Waals surface area contributed by atoms with Crippen LogP contribution in [-0.4, -0.2) is 75.6 Å². The molecule has 2 amide bonds. The Balaban J connectivity index is 1.62. The number of likely N-dealkylation sites (tertiary alicyclic amines) is 2. The molecule has 0 N–H and O–H groups in total. The molecule has 0 saturated carbocycles. The molecule has 0 radical (unpaired) electrons. The van der Waals surface area contributed by atoms with Gasteiger partial charge in [-0.05, 0) is 37.0 Å². The summed E-state index contributed by atoms with van der Waals surface area (Å²) in [7, 11) is 5.69. The van der Waals surface area contributed by atoms with Crippen LogP contribution in [0.3, 0.4) is 0 Å². The number of methoxy groups -OCH3 is 1. The van der Waals surface area contributed by atoms with Gasteiger partial charge in [0.2, 0.25) is 11.8 Å². The first-order valence-electron chi connectivity index (χ1n) is 10.2. The lowest BCUT2D eigenvalue weighted by atomic mass is 9.73. The van der Waals surface area contributed by atoms with Gasteiger partial charge in [0.15, 0.2) is 0 Å². The van der Waals surface area contributed by atoms with Crippen molar-refractivity contribution < 1.29 is 14.3 Å². The monoisotopic (exact) mass is 387 g/mol. The summed E-state index contributed by atoms with van der Waals surface area (Å²) in [5.74, 6) is 0.407. The van der Waals surface area contributed by atoms with Crippen molar-refractivity contribution in [2.45, 2.75) is 32.1 Å². The van der Waals surface area contributed by atoms with E-state index in [0.717, 1.165) is 50.1 Å². The van der Waals surface area contributed by atoms with Gasteiger partial charge in [0.25, 0.3) is 0 Å². The van der Waals surface area contributed by atoms with Crippen LogP contribution in [0.15, 0.2) is 24.3 Å². The minimum atomic E-state index is 0.0460. The summed E-state index contributed by atoms with van der Waals surface area (Å²) in [5, 5.41) is 0. The Morgan fingerprint density at radius 1 is 1.18 bits per heavy atom. The summed E-state index contributed by atoms with van der Waals surface area (Å²) in [6.07, 6.45) is 4.01. The van der Waals surface area contributed by atoms with E-state index in [1.165, 1.54) is 0 Å². The highest BCUT2D eigenvalue weighted by atomic mass is 16.5. The molecule has 1 aromatic carbocycles. The van der Waals surface area contributed by atoms with Crippen LogP contribution >= 0.6 is 0 Å². The maximum atomic E-state index is 12.9. The van der Waals surface area contributed by atoms with Crippen molar-refractivity contribution in [3.8, 4) is 0 Å². The number of piperidine rings is 2. The number of ether oxygens (including phenoxy) is 1. The molecular weight excluding hydrogens is 354 g/mol. The Kier molecular flexibility index (Phi) is 6.60. The van der Waals surface area contributed by atoms with Crippen LogP contribution in [0.4, 0.5) is 5.69 Å². The second-order valence-corrected chi connectivity index (χ2v) is 8.46. The van der Waals surface area contributed by atoms with Crippen molar-refractivity contribution in [3.05, 3.63) is 29.8 Å². The van der Waals surface area contributed by atoms with Gasteiger partial charge in [0, 0.05) is 64.9 Å². The number of amides is 2. The van der Waals surface area contributed by atoms with E-state index in [2.05, 4.69) is 17.0 Å². The van der Waals surface area contributed by atoms with Gasteiger partial charge in [-0.25, -0.2) is 0 Å². The molecule has 1 aromatic rings. The minimum absolute atomic E-state index is 0.0460. The fourth-order valence-corrected chi connectivity index (χ4v) is 4.46. The first kappa shape index (κ1) is 20.6. The third kappa shape index (κ3) is 4.85. The van der Waals surface area contributed by atoms with Crippen molar-refractivity contribution in [1.29, 1.82) is 0 Å². The van der Waals surface area contributed by atoms with Gasteiger partial charge in [-0.15, -0.1) is 0 Å². The molecule has 6 heteroatoms. The normalized spacial score (nSPS) is 22.6. The number of anilines is 1. The largest absolute Gasteiger partial charge is 0.383 e. The van der Waals surface area contributed by atoms with Gasteiger partial charge in [-0.1, -0.05) is 12.1 Å². The van der Waals surface area contributed by atoms with E-state index < -0.39 is 0 Å². The fourth-order valence-electron chi connectivity index (χ4n) is 4.46. The van der Waals surface area contributed by atoms with Crippen LogP contribution < -0.4 is 4.90 Å². The Hall–Kier alpha value is -2.08. The molecule has 0 aromatic heterocycles. The second-order valence-electron chi connectivity index (χ2n) is 8.46. The van der Waals surface area contributed by atoms with Crippen LogP contribution in [-0.2, 0) is 20.7 Å². The molecule has 2 fully saturated rings. The number of benzene rings is 1. The minimum Gasteiger partial charge on any atom is -0.383 e. The van der Waals surface area contributed by atoms with Gasteiger partial charge in [0.05, 0.1) is 13.0 Å². The van der Waals surface area contributed by atoms with E-state index in [-0.39, 0.29) is 17.2 Å². The SMILES string of the molecule is COCCN1CC2(CCCN(C(=O)Cc3ccc(N(C)C)cc3)C2)CCC1=O. The van der Waals surface area contributed by atoms with Crippen LogP contribution in [0, 0.1) is 5.41 Å². The molecule has 1 unspecified atom stereocenters. The molecule has 0 bridgehead atoms. The number of carbonyl (C=O) groups is 2. The third-order valence-electron chi connectivity index (χ3n) is 6.14. The molecule has 28 heavy (non-hydrogen) atoms. The molecule has 3 rings (SSSR count). The number of rotatable bonds is 6. The van der Waals surface area contributed by atoms with Crippen molar-refractivity contribution in [2.75, 3.05) is 58.9 Å². The highest BCUT2D eigenvalue weighted by Crippen LogP contribution is 2.39. The zero-order chi connectivity index (χ0) is 20.1. The highest BCUT2D eigenvalue weighted by Gasteiger charge is 2.42. The molecule has 0 aliphatic carbocycles. The predicted molar refractivity (Wildman–Crippen MR) is 110 cm³/mol. The van der Waals surface area contributed by atoms with E-state index in [9.17, 15) is 9.59 Å². The van der Waals surface area contributed by atoms with Gasteiger partial charge in [-0.2, -0.15) is 0 Å². The predicted octanol–water partition coefficient (Wildman–Crippen LogP) is 2.17. The summed E-state index contributed by atoms with van der Waals surface area (Å²) in [5.41, 5.74) is 2.23. The Labute approximate surface area is 168 Å². The molecule has 154 valence electrons. The number of hydrogen-bond donors (Lipinski definition) is 0. The lowest BCUT2D eigenvalue weighted by Crippen LogP contribution is -2.55. The van der Waals surface area contributed by atoms with Gasteiger partial charge in [-0.3, -0.25) is 9.59 Å². The second kappa shape index (κ2) is 8.95. The average molecular weight is 388 g/mol. The van der Waals surface area contributed by atoms with Crippen LogP contribution in [0.25, 0.3) is 0 Å². The van der Waals surface area contributed by atoms with E-state index in [0.29, 0.717) is 26.0 Å². The van der Waals surface area contributed by atoms with Gasteiger partial charge in [0.1, 0.15) is 0 Å². The average Bonchev–Trinajstić information content (AvgIpc) is 2.69. The summed E-state index contributed by atoms with van der Waals surface area (Å²) in [4.78, 5) is 31.2. The van der Waals surface area contributed by atoms with Gasteiger partial charge < -0.3 is 19.4 Å². The van der Waals surface area contributed by atoms with Crippen LogP contribution in [0.2, 0.25) is 0 Å². The Bertz CT molecular complexity index is 689. The third-order valence-corrected chi connectivity index (χ3v) is 6.14. The first-order chi connectivity index (χ1) is 13.4. The summed E-state index contributed by atoms with van der Waals surface area (Å²) < 4.78 is 5.16. The Morgan fingerprint density at radius 3 is 2.61 bits per heavy atom. The van der Waals surface area contributed by atoms with Gasteiger partial charge >= 0.3 is 0 Å². The Morgan fingerprint density at radius 2 is 1.93 bits per heavy atom. The topological polar surface area (TPSA) is 53.1 Å². The maximum Gasteiger partial charge on any atom is 0.227 e. The van der Waals surface area contributed by atoms with E-state index in [1.54, 1.807) is 7.11 Å². The molecule has 2 heterocycles. The zero-order valence-electron chi connectivity index (χ0n) is 17.4. The smallest absolute Gasteiger partial charge is 0.227 e. The summed E-state index contributed by atoms with van der Waals surface area (Å²) >= 11 is 0. The van der Waals surface area contributed by atoms with Crippen molar-refractivity contribution >= 4 is 17.5 Å². The quantitative estimate of drug-likeness (QED) is 0.751. The van der Waals surface area contributed by atoms with Crippen molar-refractivity contribution in [3.63, 3.8) is 0 Å². The van der Waals surface area contributed by atoms with Crippen molar-refractivity contribution in [1.82, 2.24) is 9.80 Å². The van der Waals surface area contributed by atoms with E-state index in [4.69, 9.17) is 4.74 Å². The molecule has 2 aliphatic heterocycles. The lowest BCUT2D eigenvalue weighted by Gasteiger charge is -2.48. The van der Waals surface area contributed by atoms with E-state index in [1.807, 2.05) is 36.0 Å². The summed E-state index contributed by atoms with van der Waals surface area (Å²) in [6, 6.07) is 8.19. The number of nitrogens with zero attached hydrogens (tertiary/aromatic N) is 3. The maximum absolute atomic E-state index is 12.9. The first-order valence-corrected chi connectivity index (χ1v) is 10.2. The zero-order valence-corrected chi connectivity index (χ0v) is 17.4. The molecule has 6 nitrogen and oxygen atoms in total. The molecule has 1 atom stereocenters. The van der Waals surface area contributed by atoms with Crippen LogP contribution in [0.1, 0.15) is 31.2 Å². The highest BCUT2D eigenvalue weighted by molar-refractivity contribution is 5.79. The summed E-state index contributed by atoms with van der Waals surface area (Å²) in [6.45, 7) is 3.54. The fraction of sp³-hybridized carbons (Fsp3) is 0.636. The molecular formula is C22H33N3O3. The van der Waals surface area contributed by atoms with E-state index >= 15 is 0 Å². The van der Waals surface area contributed by atoms with Crippen molar-refractivity contribution in [2.24, 2.45) is 5.41 Å².